The highest BCUT2D eigenvalue weighted by atomic mass is 35.5. The Bertz CT molecular complexity index is 1220. The van der Waals surface area contributed by atoms with Crippen LogP contribution in [0.3, 0.4) is 0 Å². The number of piperidine rings is 1. The fraction of sp³-hybridized carbons (Fsp3) is 0.364. The van der Waals surface area contributed by atoms with Crippen molar-refractivity contribution in [2.75, 3.05) is 30.4 Å². The lowest BCUT2D eigenvalue weighted by Gasteiger charge is -2.35. The van der Waals surface area contributed by atoms with Crippen LogP contribution >= 0.6 is 11.6 Å². The summed E-state index contributed by atoms with van der Waals surface area (Å²) in [5.74, 6) is 0.681. The molecule has 31 heavy (non-hydrogen) atoms. The first-order valence-electron chi connectivity index (χ1n) is 10.4. The summed E-state index contributed by atoms with van der Waals surface area (Å²) in [5, 5.41) is 5.16. The highest BCUT2D eigenvalue weighted by molar-refractivity contribution is 6.36. The first-order chi connectivity index (χ1) is 15.2. The number of fused-ring (bicyclic) bond motifs is 2. The molecule has 1 unspecified atom stereocenters. The van der Waals surface area contributed by atoms with Crippen LogP contribution in [0.4, 0.5) is 11.5 Å². The molecule has 1 atom stereocenters. The van der Waals surface area contributed by atoms with E-state index in [4.69, 9.17) is 21.3 Å². The Morgan fingerprint density at radius 1 is 1.19 bits per heavy atom. The maximum absolute atomic E-state index is 6.69. The Balaban J connectivity index is 1.58. The van der Waals surface area contributed by atoms with Gasteiger partial charge in [0, 0.05) is 37.3 Å². The van der Waals surface area contributed by atoms with Gasteiger partial charge >= 0.3 is 0 Å². The number of pyridine rings is 1. The Morgan fingerprint density at radius 3 is 2.84 bits per heavy atom. The minimum atomic E-state index is -0.0751. The zero-order chi connectivity index (χ0) is 21.4. The smallest absolute Gasteiger partial charge is 0.162 e. The summed E-state index contributed by atoms with van der Waals surface area (Å²) in [6.07, 6.45) is 7.24. The molecule has 1 fully saturated rings. The molecule has 0 amide bonds. The summed E-state index contributed by atoms with van der Waals surface area (Å²) in [7, 11) is 1.79. The Morgan fingerprint density at radius 2 is 2.03 bits per heavy atom. The van der Waals surface area contributed by atoms with E-state index in [1.54, 1.807) is 13.4 Å². The maximum atomic E-state index is 6.69. The van der Waals surface area contributed by atoms with Crippen molar-refractivity contribution in [1.29, 1.82) is 0 Å². The van der Waals surface area contributed by atoms with Gasteiger partial charge < -0.3 is 19.9 Å². The SMILES string of the molecule is COC1CCN(c2c(C(C)Nc3ncnc4[nH]cnc34)cc(Cl)c3cccnc23)CC1. The van der Waals surface area contributed by atoms with Gasteiger partial charge in [-0.3, -0.25) is 4.98 Å². The van der Waals surface area contributed by atoms with E-state index in [0.717, 1.165) is 48.1 Å². The number of hydrogen-bond donors (Lipinski definition) is 2. The molecule has 0 radical (unpaired) electrons. The van der Waals surface area contributed by atoms with Crippen LogP contribution in [0.25, 0.3) is 22.1 Å². The lowest BCUT2D eigenvalue weighted by molar-refractivity contribution is 0.0819. The van der Waals surface area contributed by atoms with E-state index in [1.165, 1.54) is 6.33 Å². The number of aromatic nitrogens is 5. The minimum absolute atomic E-state index is 0.0751. The molecule has 2 N–H and O–H groups in total. The predicted molar refractivity (Wildman–Crippen MR) is 123 cm³/mol. The summed E-state index contributed by atoms with van der Waals surface area (Å²) in [6, 6.07) is 5.92. The fourth-order valence-electron chi connectivity index (χ4n) is 4.34. The third kappa shape index (κ3) is 3.66. The molecule has 4 aromatic rings. The van der Waals surface area contributed by atoms with Gasteiger partial charge in [-0.05, 0) is 38.0 Å². The van der Waals surface area contributed by atoms with Gasteiger partial charge in [0.05, 0.1) is 34.7 Å². The molecule has 4 heterocycles. The van der Waals surface area contributed by atoms with E-state index < -0.39 is 0 Å². The highest BCUT2D eigenvalue weighted by Crippen LogP contribution is 2.39. The van der Waals surface area contributed by atoms with Crippen LogP contribution in [0.5, 0.6) is 0 Å². The number of imidazole rings is 1. The van der Waals surface area contributed by atoms with Gasteiger partial charge in [-0.15, -0.1) is 0 Å². The second-order valence-electron chi connectivity index (χ2n) is 7.81. The van der Waals surface area contributed by atoms with Crippen LogP contribution in [-0.4, -0.2) is 51.2 Å². The average Bonchev–Trinajstić information content (AvgIpc) is 3.29. The van der Waals surface area contributed by atoms with Gasteiger partial charge in [-0.2, -0.15) is 0 Å². The Labute approximate surface area is 185 Å². The number of rotatable bonds is 5. The monoisotopic (exact) mass is 437 g/mol. The average molecular weight is 438 g/mol. The van der Waals surface area contributed by atoms with E-state index in [-0.39, 0.29) is 6.04 Å². The number of nitrogens with zero attached hydrogens (tertiary/aromatic N) is 5. The molecular formula is C22H24ClN7O. The van der Waals surface area contributed by atoms with Gasteiger partial charge in [-0.25, -0.2) is 15.0 Å². The van der Waals surface area contributed by atoms with Gasteiger partial charge in [-0.1, -0.05) is 11.6 Å². The molecule has 1 aliphatic heterocycles. The van der Waals surface area contributed by atoms with Gasteiger partial charge in [0.2, 0.25) is 0 Å². The second-order valence-corrected chi connectivity index (χ2v) is 8.21. The van der Waals surface area contributed by atoms with E-state index in [2.05, 4.69) is 37.1 Å². The quantitative estimate of drug-likeness (QED) is 0.479. The summed E-state index contributed by atoms with van der Waals surface area (Å²) >= 11 is 6.69. The van der Waals surface area contributed by atoms with E-state index in [9.17, 15) is 0 Å². The van der Waals surface area contributed by atoms with Crippen molar-refractivity contribution < 1.29 is 4.74 Å². The minimum Gasteiger partial charge on any atom is -0.381 e. The molecular weight excluding hydrogens is 414 g/mol. The summed E-state index contributed by atoms with van der Waals surface area (Å²) in [4.78, 5) is 23.1. The van der Waals surface area contributed by atoms with Gasteiger partial charge in [0.1, 0.15) is 11.8 Å². The van der Waals surface area contributed by atoms with Gasteiger partial charge in [0.25, 0.3) is 0 Å². The predicted octanol–water partition coefficient (Wildman–Crippen LogP) is 4.34. The number of H-pyrrole nitrogens is 1. The van der Waals surface area contributed by atoms with Crippen LogP contribution in [-0.2, 0) is 4.74 Å². The van der Waals surface area contributed by atoms with Crippen LogP contribution < -0.4 is 10.2 Å². The molecule has 0 spiro atoms. The van der Waals surface area contributed by atoms with Crippen molar-refractivity contribution >= 4 is 45.2 Å². The first-order valence-corrected chi connectivity index (χ1v) is 10.8. The maximum Gasteiger partial charge on any atom is 0.162 e. The fourth-order valence-corrected chi connectivity index (χ4v) is 4.61. The summed E-state index contributed by atoms with van der Waals surface area (Å²) < 4.78 is 5.57. The van der Waals surface area contributed by atoms with Crippen LogP contribution in [0.1, 0.15) is 31.4 Å². The molecule has 160 valence electrons. The second kappa shape index (κ2) is 8.28. The third-order valence-corrected chi connectivity index (χ3v) is 6.29. The van der Waals surface area contributed by atoms with Crippen LogP contribution in [0.2, 0.25) is 5.02 Å². The van der Waals surface area contributed by atoms with E-state index in [0.29, 0.717) is 28.1 Å². The zero-order valence-corrected chi connectivity index (χ0v) is 18.2. The number of methoxy groups -OCH3 is 1. The molecule has 9 heteroatoms. The largest absolute Gasteiger partial charge is 0.381 e. The molecule has 1 saturated heterocycles. The van der Waals surface area contributed by atoms with Crippen molar-refractivity contribution in [1.82, 2.24) is 24.9 Å². The molecule has 0 aliphatic carbocycles. The summed E-state index contributed by atoms with van der Waals surface area (Å²) in [5.41, 5.74) is 4.52. The van der Waals surface area contributed by atoms with Crippen molar-refractivity contribution in [2.24, 2.45) is 0 Å². The molecule has 8 nitrogen and oxygen atoms in total. The van der Waals surface area contributed by atoms with Crippen molar-refractivity contribution in [3.63, 3.8) is 0 Å². The van der Waals surface area contributed by atoms with Crippen molar-refractivity contribution in [2.45, 2.75) is 31.9 Å². The lowest BCUT2D eigenvalue weighted by atomic mass is 9.98. The number of benzene rings is 1. The molecule has 1 aliphatic rings. The Kier molecular flexibility index (Phi) is 5.33. The number of ether oxygens (including phenoxy) is 1. The molecule has 3 aromatic heterocycles. The normalized spacial score (nSPS) is 16.2. The lowest BCUT2D eigenvalue weighted by Crippen LogP contribution is -2.37. The first kappa shape index (κ1) is 20.0. The Hall–Kier alpha value is -2.97. The van der Waals surface area contributed by atoms with Crippen molar-refractivity contribution in [3.05, 3.63) is 47.6 Å². The standard InChI is InChI=1S/C22H24ClN7O/c1-13(29-22-19-21(26-11-25-19)27-12-28-22)16-10-17(23)15-4-3-7-24-18(15)20(16)30-8-5-14(31-2)6-9-30/h3-4,7,10-14H,5-6,8-9H2,1-2H3,(H2,25,26,27,28,29). The number of aromatic amines is 1. The van der Waals surface area contributed by atoms with E-state index >= 15 is 0 Å². The number of nitrogens with one attached hydrogen (secondary N) is 2. The number of halogens is 1. The topological polar surface area (TPSA) is 91.8 Å². The number of anilines is 2. The highest BCUT2D eigenvalue weighted by Gasteiger charge is 2.26. The number of hydrogen-bond acceptors (Lipinski definition) is 7. The van der Waals surface area contributed by atoms with Crippen LogP contribution in [0.15, 0.2) is 37.1 Å². The van der Waals surface area contributed by atoms with Crippen LogP contribution in [0, 0.1) is 0 Å². The molecule has 1 aromatic carbocycles. The summed E-state index contributed by atoms with van der Waals surface area (Å²) in [6.45, 7) is 3.91. The molecule has 5 rings (SSSR count). The molecule has 0 bridgehead atoms. The molecule has 0 saturated carbocycles. The van der Waals surface area contributed by atoms with E-state index in [1.807, 2.05) is 24.4 Å². The third-order valence-electron chi connectivity index (χ3n) is 5.97. The van der Waals surface area contributed by atoms with Gasteiger partial charge in [0.15, 0.2) is 11.5 Å². The zero-order valence-electron chi connectivity index (χ0n) is 17.5. The van der Waals surface area contributed by atoms with Crippen molar-refractivity contribution in [3.8, 4) is 0 Å².